The molecule has 2 aromatic heterocycles. The third-order valence-electron chi connectivity index (χ3n) is 1.96. The maximum Gasteiger partial charge on any atom is 0.214 e. The number of rotatable bonds is 3. The van der Waals surface area contributed by atoms with Gasteiger partial charge in [0.15, 0.2) is 5.82 Å². The number of halogens is 1. The number of nitrogens with one attached hydrogen (secondary N) is 1. The summed E-state index contributed by atoms with van der Waals surface area (Å²) in [6.07, 6.45) is 3.27. The Hall–Kier alpha value is -1.91. The van der Waals surface area contributed by atoms with Gasteiger partial charge < -0.3 is 5.32 Å². The molecule has 0 fully saturated rings. The highest BCUT2D eigenvalue weighted by molar-refractivity contribution is 5.54. The molecule has 0 aliphatic carbocycles. The van der Waals surface area contributed by atoms with Gasteiger partial charge >= 0.3 is 0 Å². The first-order valence-electron chi connectivity index (χ1n) is 4.70. The van der Waals surface area contributed by atoms with Crippen molar-refractivity contribution in [1.82, 2.24) is 14.8 Å². The van der Waals surface area contributed by atoms with Crippen molar-refractivity contribution in [1.29, 1.82) is 0 Å². The van der Waals surface area contributed by atoms with Crippen LogP contribution in [0.15, 0.2) is 30.6 Å². The maximum atomic E-state index is 12.8. The van der Waals surface area contributed by atoms with Crippen LogP contribution >= 0.6 is 0 Å². The fourth-order valence-electron chi connectivity index (χ4n) is 1.23. The van der Waals surface area contributed by atoms with Crippen molar-refractivity contribution in [2.24, 2.45) is 0 Å². The molecular formula is C10H11FN4. The highest BCUT2D eigenvalue weighted by Gasteiger charge is 1.99. The molecule has 0 aromatic carbocycles. The second-order valence-corrected chi connectivity index (χ2v) is 3.05. The Bertz CT molecular complexity index is 452. The monoisotopic (exact) mass is 206 g/mol. The van der Waals surface area contributed by atoms with Crippen molar-refractivity contribution < 1.29 is 4.39 Å². The van der Waals surface area contributed by atoms with Gasteiger partial charge in [-0.15, -0.1) is 0 Å². The summed E-state index contributed by atoms with van der Waals surface area (Å²) < 4.78 is 14.6. The molecule has 0 aliphatic heterocycles. The van der Waals surface area contributed by atoms with Gasteiger partial charge in [-0.25, -0.2) is 4.98 Å². The van der Waals surface area contributed by atoms with Gasteiger partial charge in [-0.3, -0.25) is 4.68 Å². The first kappa shape index (κ1) is 9.64. The van der Waals surface area contributed by atoms with E-state index in [-0.39, 0.29) is 0 Å². The Morgan fingerprint density at radius 2 is 2.33 bits per heavy atom. The first-order chi connectivity index (χ1) is 7.28. The Kier molecular flexibility index (Phi) is 2.62. The predicted molar refractivity (Wildman–Crippen MR) is 55.4 cm³/mol. The van der Waals surface area contributed by atoms with Crippen LogP contribution in [-0.4, -0.2) is 14.8 Å². The number of hydrogen-bond acceptors (Lipinski definition) is 3. The predicted octanol–water partition coefficient (Wildman–Crippen LogP) is 2.18. The van der Waals surface area contributed by atoms with Gasteiger partial charge in [0, 0.05) is 36.8 Å². The zero-order chi connectivity index (χ0) is 10.7. The molecule has 0 saturated carbocycles. The van der Waals surface area contributed by atoms with Crippen molar-refractivity contribution in [3.05, 3.63) is 36.5 Å². The minimum atomic E-state index is -0.505. The molecule has 78 valence electrons. The van der Waals surface area contributed by atoms with E-state index < -0.39 is 5.95 Å². The van der Waals surface area contributed by atoms with Gasteiger partial charge in [0.05, 0.1) is 0 Å². The van der Waals surface area contributed by atoms with Crippen LogP contribution in [0.1, 0.15) is 6.92 Å². The molecule has 0 bridgehead atoms. The zero-order valence-corrected chi connectivity index (χ0v) is 8.31. The zero-order valence-electron chi connectivity index (χ0n) is 8.31. The Morgan fingerprint density at radius 3 is 3.00 bits per heavy atom. The number of hydrogen-bond donors (Lipinski definition) is 1. The van der Waals surface area contributed by atoms with Gasteiger partial charge in [0.2, 0.25) is 5.95 Å². The summed E-state index contributed by atoms with van der Waals surface area (Å²) in [6.45, 7) is 2.81. The van der Waals surface area contributed by atoms with Crippen LogP contribution in [0.3, 0.4) is 0 Å². The van der Waals surface area contributed by atoms with Crippen molar-refractivity contribution in [3.8, 4) is 0 Å². The minimum Gasteiger partial charge on any atom is -0.339 e. The lowest BCUT2D eigenvalue weighted by Gasteiger charge is -2.01. The number of aromatic nitrogens is 3. The van der Waals surface area contributed by atoms with E-state index in [2.05, 4.69) is 15.4 Å². The lowest BCUT2D eigenvalue weighted by atomic mass is 10.4. The van der Waals surface area contributed by atoms with E-state index in [1.807, 2.05) is 19.2 Å². The van der Waals surface area contributed by atoms with E-state index in [1.165, 1.54) is 12.3 Å². The van der Waals surface area contributed by atoms with Crippen molar-refractivity contribution in [3.63, 3.8) is 0 Å². The normalized spacial score (nSPS) is 10.3. The van der Waals surface area contributed by atoms with Crippen LogP contribution in [0.2, 0.25) is 0 Å². The molecule has 0 aliphatic rings. The van der Waals surface area contributed by atoms with E-state index in [0.717, 1.165) is 6.54 Å². The van der Waals surface area contributed by atoms with E-state index in [4.69, 9.17) is 0 Å². The summed E-state index contributed by atoms with van der Waals surface area (Å²) in [6, 6.07) is 4.85. The average molecular weight is 206 g/mol. The summed E-state index contributed by atoms with van der Waals surface area (Å²) in [5.74, 6) is 0.192. The molecule has 1 N–H and O–H groups in total. The average Bonchev–Trinajstić information content (AvgIpc) is 2.65. The molecule has 0 spiro atoms. The van der Waals surface area contributed by atoms with Crippen LogP contribution in [0.25, 0.3) is 0 Å². The van der Waals surface area contributed by atoms with Gasteiger partial charge in [-0.1, -0.05) is 0 Å². The first-order valence-corrected chi connectivity index (χ1v) is 4.70. The lowest BCUT2D eigenvalue weighted by molar-refractivity contribution is 0.584. The topological polar surface area (TPSA) is 42.7 Å². The largest absolute Gasteiger partial charge is 0.339 e. The fourth-order valence-corrected chi connectivity index (χ4v) is 1.23. The summed E-state index contributed by atoms with van der Waals surface area (Å²) in [4.78, 5) is 3.47. The summed E-state index contributed by atoms with van der Waals surface area (Å²) in [5.41, 5.74) is 0.642. The molecule has 0 saturated heterocycles. The molecule has 2 heterocycles. The number of anilines is 2. The molecule has 2 rings (SSSR count). The molecule has 0 unspecified atom stereocenters. The molecule has 4 nitrogen and oxygen atoms in total. The quantitative estimate of drug-likeness (QED) is 0.783. The Balaban J connectivity index is 2.14. The minimum absolute atomic E-state index is 0.505. The van der Waals surface area contributed by atoms with E-state index in [1.54, 1.807) is 10.7 Å². The fraction of sp³-hybridized carbons (Fsp3) is 0.200. The molecule has 5 heteroatoms. The molecule has 2 aromatic rings. The van der Waals surface area contributed by atoms with Crippen LogP contribution in [0, 0.1) is 5.95 Å². The Morgan fingerprint density at radius 1 is 1.47 bits per heavy atom. The lowest BCUT2D eigenvalue weighted by Crippen LogP contribution is -1.97. The van der Waals surface area contributed by atoms with E-state index >= 15 is 0 Å². The van der Waals surface area contributed by atoms with Gasteiger partial charge in [-0.05, 0) is 13.0 Å². The van der Waals surface area contributed by atoms with Crippen LogP contribution in [-0.2, 0) is 6.54 Å². The summed E-state index contributed by atoms with van der Waals surface area (Å²) in [5, 5.41) is 7.20. The second-order valence-electron chi connectivity index (χ2n) is 3.05. The molecular weight excluding hydrogens is 195 g/mol. The van der Waals surface area contributed by atoms with Crippen molar-refractivity contribution in [2.45, 2.75) is 13.5 Å². The Labute approximate surface area is 86.8 Å². The van der Waals surface area contributed by atoms with Gasteiger partial charge in [0.1, 0.15) is 0 Å². The number of aryl methyl sites for hydroxylation is 1. The molecule has 0 atom stereocenters. The van der Waals surface area contributed by atoms with Crippen LogP contribution in [0.4, 0.5) is 15.9 Å². The third kappa shape index (κ3) is 2.31. The molecule has 15 heavy (non-hydrogen) atoms. The van der Waals surface area contributed by atoms with E-state index in [9.17, 15) is 4.39 Å². The van der Waals surface area contributed by atoms with Crippen LogP contribution < -0.4 is 5.32 Å². The third-order valence-corrected chi connectivity index (χ3v) is 1.96. The van der Waals surface area contributed by atoms with Crippen LogP contribution in [0.5, 0.6) is 0 Å². The number of nitrogens with zero attached hydrogens (tertiary/aromatic N) is 3. The van der Waals surface area contributed by atoms with Gasteiger partial charge in [-0.2, -0.15) is 9.49 Å². The molecule has 0 radical (unpaired) electrons. The highest BCUT2D eigenvalue weighted by atomic mass is 19.1. The maximum absolute atomic E-state index is 12.8. The second kappa shape index (κ2) is 4.08. The summed E-state index contributed by atoms with van der Waals surface area (Å²) in [7, 11) is 0. The SMILES string of the molecule is CCn1ccc(Nc2ccnc(F)c2)n1. The van der Waals surface area contributed by atoms with Crippen molar-refractivity contribution >= 4 is 11.5 Å². The standard InChI is InChI=1S/C10H11FN4/c1-2-15-6-4-10(14-15)13-8-3-5-12-9(11)7-8/h3-7H,2H2,1H3,(H,12,13,14). The highest BCUT2D eigenvalue weighted by Crippen LogP contribution is 2.13. The van der Waals surface area contributed by atoms with E-state index in [0.29, 0.717) is 11.5 Å². The molecule has 0 amide bonds. The smallest absolute Gasteiger partial charge is 0.214 e. The van der Waals surface area contributed by atoms with Crippen molar-refractivity contribution in [2.75, 3.05) is 5.32 Å². The number of pyridine rings is 1. The van der Waals surface area contributed by atoms with Gasteiger partial charge in [0.25, 0.3) is 0 Å². The summed E-state index contributed by atoms with van der Waals surface area (Å²) >= 11 is 0.